The normalized spacial score (nSPS) is 17.2. The monoisotopic (exact) mass is 256 g/mol. The lowest BCUT2D eigenvalue weighted by molar-refractivity contribution is 0.610. The van der Waals surface area contributed by atoms with Gasteiger partial charge in [-0.1, -0.05) is 6.42 Å². The van der Waals surface area contributed by atoms with Crippen LogP contribution >= 0.6 is 0 Å². The van der Waals surface area contributed by atoms with Gasteiger partial charge in [-0.05, 0) is 74.9 Å². The van der Waals surface area contributed by atoms with Crippen molar-refractivity contribution in [3.8, 4) is 0 Å². The fraction of sp³-hybridized carbons (Fsp3) is 0.529. The summed E-state index contributed by atoms with van der Waals surface area (Å²) >= 11 is 0. The summed E-state index contributed by atoms with van der Waals surface area (Å²) < 4.78 is 0. The number of aromatic amines is 1. The molecule has 0 bridgehead atoms. The Morgan fingerprint density at radius 1 is 1.16 bits per heavy atom. The molecular weight excluding hydrogens is 232 g/mol. The van der Waals surface area contributed by atoms with Crippen molar-refractivity contribution < 1.29 is 0 Å². The first-order valence-electron chi connectivity index (χ1n) is 7.57. The summed E-state index contributed by atoms with van der Waals surface area (Å²) in [5, 5.41) is 4.76. The zero-order chi connectivity index (χ0) is 13.2. The van der Waals surface area contributed by atoms with E-state index in [2.05, 4.69) is 35.6 Å². The lowest BCUT2D eigenvalue weighted by atomic mass is 9.98. The predicted octanol–water partition coefficient (Wildman–Crippen LogP) is 3.59. The Hall–Kier alpha value is -1.28. The van der Waals surface area contributed by atoms with Crippen LogP contribution in [0.4, 0.5) is 0 Å². The van der Waals surface area contributed by atoms with Crippen LogP contribution in [0.25, 0.3) is 10.9 Å². The summed E-state index contributed by atoms with van der Waals surface area (Å²) in [6.45, 7) is 2.24. The quantitative estimate of drug-likeness (QED) is 0.807. The second-order valence-electron chi connectivity index (χ2n) is 5.93. The molecule has 0 fully saturated rings. The molecule has 0 aliphatic heterocycles. The number of benzene rings is 1. The second kappa shape index (κ2) is 5.38. The van der Waals surface area contributed by atoms with Crippen molar-refractivity contribution in [2.45, 2.75) is 51.5 Å². The zero-order valence-corrected chi connectivity index (χ0v) is 12.1. The maximum atomic E-state index is 3.46. The van der Waals surface area contributed by atoms with Crippen LogP contribution in [0.1, 0.15) is 42.9 Å². The van der Waals surface area contributed by atoms with Crippen LogP contribution in [0.5, 0.6) is 0 Å². The van der Waals surface area contributed by atoms with Crippen molar-refractivity contribution in [3.05, 3.63) is 35.0 Å². The van der Waals surface area contributed by atoms with E-state index in [4.69, 9.17) is 0 Å². The van der Waals surface area contributed by atoms with Crippen molar-refractivity contribution in [3.63, 3.8) is 0 Å². The minimum atomic E-state index is 0.526. The van der Waals surface area contributed by atoms with E-state index in [0.717, 1.165) is 6.42 Å². The van der Waals surface area contributed by atoms with Gasteiger partial charge in [0.1, 0.15) is 0 Å². The molecular formula is C17H24N2. The Bertz CT molecular complexity index is 568. The van der Waals surface area contributed by atoms with Crippen molar-refractivity contribution in [2.75, 3.05) is 7.05 Å². The van der Waals surface area contributed by atoms with E-state index in [1.165, 1.54) is 48.6 Å². The van der Waals surface area contributed by atoms with E-state index >= 15 is 0 Å². The molecule has 1 atom stereocenters. The van der Waals surface area contributed by atoms with E-state index in [0.29, 0.717) is 6.04 Å². The van der Waals surface area contributed by atoms with E-state index in [-0.39, 0.29) is 0 Å². The number of nitrogens with one attached hydrogen (secondary N) is 2. The number of hydrogen-bond acceptors (Lipinski definition) is 1. The third-order valence-corrected chi connectivity index (χ3v) is 4.50. The minimum absolute atomic E-state index is 0.526. The summed E-state index contributed by atoms with van der Waals surface area (Å²) in [6.07, 6.45) is 9.89. The molecule has 1 heterocycles. The van der Waals surface area contributed by atoms with Crippen molar-refractivity contribution >= 4 is 10.9 Å². The highest BCUT2D eigenvalue weighted by Gasteiger charge is 2.13. The van der Waals surface area contributed by atoms with Gasteiger partial charge in [0, 0.05) is 23.1 Å². The third-order valence-electron chi connectivity index (χ3n) is 4.50. The molecule has 0 saturated heterocycles. The third kappa shape index (κ3) is 2.55. The summed E-state index contributed by atoms with van der Waals surface area (Å²) in [7, 11) is 2.03. The van der Waals surface area contributed by atoms with E-state index in [1.54, 1.807) is 11.1 Å². The molecule has 1 aromatic heterocycles. The fourth-order valence-electron chi connectivity index (χ4n) is 3.19. The van der Waals surface area contributed by atoms with Crippen molar-refractivity contribution in [1.29, 1.82) is 0 Å². The Labute approximate surface area is 115 Å². The van der Waals surface area contributed by atoms with Gasteiger partial charge in [-0.15, -0.1) is 0 Å². The molecule has 2 N–H and O–H groups in total. The van der Waals surface area contributed by atoms with E-state index in [1.807, 2.05) is 7.05 Å². The van der Waals surface area contributed by atoms with Crippen LogP contribution in [-0.4, -0.2) is 18.1 Å². The highest BCUT2D eigenvalue weighted by Crippen LogP contribution is 2.28. The molecule has 0 amide bonds. The van der Waals surface area contributed by atoms with Gasteiger partial charge < -0.3 is 10.3 Å². The van der Waals surface area contributed by atoms with Gasteiger partial charge in [0.2, 0.25) is 0 Å². The minimum Gasteiger partial charge on any atom is -0.361 e. The molecule has 0 saturated carbocycles. The van der Waals surface area contributed by atoms with Crippen LogP contribution in [0, 0.1) is 0 Å². The van der Waals surface area contributed by atoms with Crippen molar-refractivity contribution in [2.24, 2.45) is 0 Å². The highest BCUT2D eigenvalue weighted by atomic mass is 14.8. The summed E-state index contributed by atoms with van der Waals surface area (Å²) in [4.78, 5) is 3.46. The van der Waals surface area contributed by atoms with Gasteiger partial charge in [-0.3, -0.25) is 0 Å². The van der Waals surface area contributed by atoms with Gasteiger partial charge in [0.15, 0.2) is 0 Å². The molecule has 0 radical (unpaired) electrons. The molecule has 19 heavy (non-hydrogen) atoms. The first kappa shape index (κ1) is 12.7. The lowest BCUT2D eigenvalue weighted by Gasteiger charge is -2.10. The molecule has 1 unspecified atom stereocenters. The van der Waals surface area contributed by atoms with Crippen molar-refractivity contribution in [1.82, 2.24) is 10.3 Å². The number of aromatic nitrogens is 1. The Morgan fingerprint density at radius 3 is 2.63 bits per heavy atom. The molecule has 102 valence electrons. The van der Waals surface area contributed by atoms with Crippen LogP contribution < -0.4 is 5.32 Å². The molecule has 3 rings (SSSR count). The number of aryl methyl sites for hydroxylation is 2. The number of rotatable bonds is 3. The maximum absolute atomic E-state index is 3.46. The smallest absolute Gasteiger partial charge is 0.0459 e. The number of likely N-dealkylation sites (N-methyl/N-ethyl adjacent to an activating group) is 1. The molecule has 2 aromatic rings. The number of H-pyrrole nitrogens is 1. The standard InChI is InChI=1S/C17H24N2/c1-12(18-2)8-15-11-19-17-10-14-7-5-3-4-6-13(14)9-16(15)17/h9-12,18-19H,3-8H2,1-2H3. The lowest BCUT2D eigenvalue weighted by Crippen LogP contribution is -2.23. The predicted molar refractivity (Wildman–Crippen MR) is 81.8 cm³/mol. The molecule has 1 aromatic carbocycles. The summed E-state index contributed by atoms with van der Waals surface area (Å²) in [5.41, 5.74) is 5.92. The molecule has 0 spiro atoms. The first-order chi connectivity index (χ1) is 9.28. The molecule has 2 nitrogen and oxygen atoms in total. The van der Waals surface area contributed by atoms with Gasteiger partial charge >= 0.3 is 0 Å². The van der Waals surface area contributed by atoms with E-state index in [9.17, 15) is 0 Å². The molecule has 1 aliphatic rings. The topological polar surface area (TPSA) is 27.8 Å². The zero-order valence-electron chi connectivity index (χ0n) is 12.1. The van der Waals surface area contributed by atoms with Crippen LogP contribution in [0.3, 0.4) is 0 Å². The average Bonchev–Trinajstić information content (AvgIpc) is 2.66. The SMILES string of the molecule is CNC(C)Cc1c[nH]c2cc3c(cc12)CCCCC3. The average molecular weight is 256 g/mol. The van der Waals surface area contributed by atoms with Gasteiger partial charge in [-0.25, -0.2) is 0 Å². The fourth-order valence-corrected chi connectivity index (χ4v) is 3.19. The summed E-state index contributed by atoms with van der Waals surface area (Å²) in [5.74, 6) is 0. The Morgan fingerprint density at radius 2 is 1.89 bits per heavy atom. The first-order valence-corrected chi connectivity index (χ1v) is 7.57. The van der Waals surface area contributed by atoms with Crippen LogP contribution in [-0.2, 0) is 19.3 Å². The maximum Gasteiger partial charge on any atom is 0.0459 e. The largest absolute Gasteiger partial charge is 0.361 e. The second-order valence-corrected chi connectivity index (χ2v) is 5.93. The van der Waals surface area contributed by atoms with Crippen LogP contribution in [0.2, 0.25) is 0 Å². The summed E-state index contributed by atoms with van der Waals surface area (Å²) in [6, 6.07) is 5.37. The van der Waals surface area contributed by atoms with Crippen LogP contribution in [0.15, 0.2) is 18.3 Å². The van der Waals surface area contributed by atoms with Gasteiger partial charge in [0.05, 0.1) is 0 Å². The molecule has 2 heteroatoms. The Kier molecular flexibility index (Phi) is 3.61. The van der Waals surface area contributed by atoms with E-state index < -0.39 is 0 Å². The number of fused-ring (bicyclic) bond motifs is 2. The highest BCUT2D eigenvalue weighted by molar-refractivity contribution is 5.85. The Balaban J connectivity index is 2.00. The number of hydrogen-bond donors (Lipinski definition) is 2. The van der Waals surface area contributed by atoms with Gasteiger partial charge in [0.25, 0.3) is 0 Å². The van der Waals surface area contributed by atoms with Gasteiger partial charge in [-0.2, -0.15) is 0 Å². The molecule has 1 aliphatic carbocycles.